The molecule has 0 aliphatic heterocycles. The Hall–Kier alpha value is -5.33. The number of hydrogen-bond acceptors (Lipinski definition) is 7. The molecule has 3 aromatic carbocycles. The number of aromatic nitrogens is 4. The smallest absolute Gasteiger partial charge is 0.291 e. The molecule has 1 amide bonds. The number of nitrogens with zero attached hydrogens (tertiary/aromatic N) is 4. The molecule has 1 N–H and O–H groups in total. The summed E-state index contributed by atoms with van der Waals surface area (Å²) >= 11 is 0. The van der Waals surface area contributed by atoms with Crippen molar-refractivity contribution in [2.24, 2.45) is 0 Å². The van der Waals surface area contributed by atoms with E-state index in [1.165, 1.54) is 34.9 Å². The van der Waals surface area contributed by atoms with Gasteiger partial charge in [0.15, 0.2) is 22.4 Å². The van der Waals surface area contributed by atoms with Gasteiger partial charge in [0.2, 0.25) is 0 Å². The van der Waals surface area contributed by atoms with E-state index in [1.54, 1.807) is 79.0 Å². The zero-order valence-electron chi connectivity index (χ0n) is 22.2. The topological polar surface area (TPSA) is 129 Å². The van der Waals surface area contributed by atoms with Crippen molar-refractivity contribution in [1.82, 2.24) is 18.1 Å². The molecule has 10 nitrogen and oxygen atoms in total. The van der Waals surface area contributed by atoms with E-state index in [-0.39, 0.29) is 16.3 Å². The van der Waals surface area contributed by atoms with Crippen molar-refractivity contribution in [1.29, 1.82) is 0 Å². The van der Waals surface area contributed by atoms with Crippen LogP contribution < -0.4 is 5.32 Å². The lowest BCUT2D eigenvalue weighted by atomic mass is 10.0. The summed E-state index contributed by atoms with van der Waals surface area (Å²) < 4.78 is 48.3. The van der Waals surface area contributed by atoms with Gasteiger partial charge in [-0.25, -0.2) is 21.6 Å². The van der Waals surface area contributed by atoms with Crippen molar-refractivity contribution in [3.05, 3.63) is 128 Å². The third-order valence-corrected chi connectivity index (χ3v) is 9.88. The van der Waals surface area contributed by atoms with Crippen LogP contribution in [0.3, 0.4) is 0 Å². The first kappa shape index (κ1) is 26.6. The molecule has 0 saturated carbocycles. The molecule has 7 rings (SSSR count). The van der Waals surface area contributed by atoms with Crippen LogP contribution >= 0.6 is 0 Å². The Balaban J connectivity index is 1.41. The van der Waals surface area contributed by atoms with Crippen molar-refractivity contribution in [3.8, 4) is 11.1 Å². The number of carbonyl (C=O) groups is 1. The molecule has 0 aliphatic rings. The fourth-order valence-corrected chi connectivity index (χ4v) is 7.26. The number of amides is 1. The Labute approximate surface area is 247 Å². The first-order valence-corrected chi connectivity index (χ1v) is 15.6. The van der Waals surface area contributed by atoms with Crippen LogP contribution in [0.25, 0.3) is 33.1 Å². The average Bonchev–Trinajstić information content (AvgIpc) is 3.82. The molecule has 0 saturated heterocycles. The lowest BCUT2D eigenvalue weighted by Crippen LogP contribution is -2.12. The largest absolute Gasteiger partial charge is 0.459 e. The van der Waals surface area contributed by atoms with Crippen LogP contribution in [0.4, 0.5) is 5.69 Å². The number of anilines is 1. The van der Waals surface area contributed by atoms with E-state index in [0.717, 1.165) is 3.97 Å². The minimum absolute atomic E-state index is 0.119. The summed E-state index contributed by atoms with van der Waals surface area (Å²) in [5.41, 5.74) is 2.42. The van der Waals surface area contributed by atoms with Gasteiger partial charge in [-0.2, -0.15) is 9.19 Å². The highest BCUT2D eigenvalue weighted by Gasteiger charge is 2.22. The minimum Gasteiger partial charge on any atom is -0.459 e. The van der Waals surface area contributed by atoms with Crippen LogP contribution in [0, 0.1) is 0 Å². The van der Waals surface area contributed by atoms with Crippen LogP contribution in [-0.2, 0) is 21.0 Å². The molecule has 4 heterocycles. The Bertz CT molecular complexity index is 2260. The summed E-state index contributed by atoms with van der Waals surface area (Å²) in [5, 5.41) is 8.43. The molecule has 212 valence electrons. The molecule has 1 atom stereocenters. The van der Waals surface area contributed by atoms with E-state index in [1.807, 2.05) is 12.1 Å². The molecule has 7 aromatic rings. The average molecular weight is 608 g/mol. The van der Waals surface area contributed by atoms with Gasteiger partial charge in [0.1, 0.15) is 0 Å². The third kappa shape index (κ3) is 4.62. The molecule has 0 radical (unpaired) electrons. The molecule has 4 aromatic heterocycles. The quantitative estimate of drug-likeness (QED) is 0.246. The van der Waals surface area contributed by atoms with E-state index < -0.39 is 26.9 Å². The first-order chi connectivity index (χ1) is 20.9. The van der Waals surface area contributed by atoms with Gasteiger partial charge in [-0.05, 0) is 71.8 Å². The Morgan fingerprint density at radius 1 is 0.884 bits per heavy atom. The van der Waals surface area contributed by atoms with Crippen molar-refractivity contribution < 1.29 is 21.8 Å². The zero-order chi connectivity index (χ0) is 29.6. The number of rotatable bonds is 7. The van der Waals surface area contributed by atoms with E-state index in [9.17, 15) is 17.4 Å². The van der Waals surface area contributed by atoms with Crippen LogP contribution in [0.15, 0.2) is 136 Å². The highest BCUT2D eigenvalue weighted by Crippen LogP contribution is 2.36. The number of nitrogens with one attached hydrogen (secondary N) is 1. The van der Waals surface area contributed by atoms with Gasteiger partial charge in [-0.1, -0.05) is 36.4 Å². The molecule has 43 heavy (non-hydrogen) atoms. The van der Waals surface area contributed by atoms with Crippen LogP contribution in [0.5, 0.6) is 0 Å². The normalized spacial score (nSPS) is 12.5. The fraction of sp³-hybridized carbons (Fsp3) is 0. The number of carbonyl (C=O) groups excluding carboxylic acids is 1. The molecule has 1 unspecified atom stereocenters. The second-order valence-electron chi connectivity index (χ2n) is 9.49. The third-order valence-electron chi connectivity index (χ3n) is 6.92. The summed E-state index contributed by atoms with van der Waals surface area (Å²) in [6.45, 7) is 0. The second-order valence-corrected chi connectivity index (χ2v) is 12.6. The summed E-state index contributed by atoms with van der Waals surface area (Å²) in [5.74, 6) is -0.353. The summed E-state index contributed by atoms with van der Waals surface area (Å²) in [6, 6.07) is 27.2. The van der Waals surface area contributed by atoms with Gasteiger partial charge in [0.05, 0.1) is 33.5 Å². The van der Waals surface area contributed by atoms with Crippen LogP contribution in [0.2, 0.25) is 0 Å². The minimum atomic E-state index is -3.91. The maximum atomic E-state index is 13.6. The van der Waals surface area contributed by atoms with Gasteiger partial charge in [-0.3, -0.25) is 4.79 Å². The van der Waals surface area contributed by atoms with Crippen molar-refractivity contribution in [3.63, 3.8) is 0 Å². The zero-order valence-corrected chi connectivity index (χ0v) is 23.8. The summed E-state index contributed by atoms with van der Waals surface area (Å²) in [7, 11) is -5.60. The van der Waals surface area contributed by atoms with Gasteiger partial charge in [-0.15, -0.1) is 0 Å². The molecule has 0 fully saturated rings. The molecular weight excluding hydrogens is 587 g/mol. The van der Waals surface area contributed by atoms with Gasteiger partial charge in [0, 0.05) is 23.2 Å². The highest BCUT2D eigenvalue weighted by molar-refractivity contribution is 7.90. The fourth-order valence-electron chi connectivity index (χ4n) is 4.89. The lowest BCUT2D eigenvalue weighted by Gasteiger charge is -2.12. The summed E-state index contributed by atoms with van der Waals surface area (Å²) in [4.78, 5) is 18.1. The van der Waals surface area contributed by atoms with E-state index in [4.69, 9.17) is 4.42 Å². The molecule has 0 bridgehead atoms. The van der Waals surface area contributed by atoms with Crippen LogP contribution in [-0.4, -0.2) is 36.7 Å². The first-order valence-electron chi connectivity index (χ1n) is 13.0. The number of pyridine rings is 1. The van der Waals surface area contributed by atoms with Crippen molar-refractivity contribution in [2.75, 3.05) is 5.32 Å². The van der Waals surface area contributed by atoms with Gasteiger partial charge >= 0.3 is 0 Å². The predicted octanol–water partition coefficient (Wildman–Crippen LogP) is 5.71. The number of furan rings is 1. The maximum absolute atomic E-state index is 13.6. The lowest BCUT2D eigenvalue weighted by molar-refractivity contribution is 0.0997. The van der Waals surface area contributed by atoms with Crippen molar-refractivity contribution >= 4 is 54.5 Å². The van der Waals surface area contributed by atoms with Gasteiger partial charge in [0.25, 0.3) is 15.9 Å². The highest BCUT2D eigenvalue weighted by atomic mass is 32.2. The number of fused-ring (bicyclic) bond motifs is 2. The Morgan fingerprint density at radius 3 is 2.40 bits per heavy atom. The van der Waals surface area contributed by atoms with Gasteiger partial charge < -0.3 is 9.73 Å². The van der Waals surface area contributed by atoms with E-state index in [2.05, 4.69) is 15.4 Å². The number of benzene rings is 3. The molecule has 0 aliphatic carbocycles. The van der Waals surface area contributed by atoms with Crippen molar-refractivity contribution in [2.45, 2.75) is 9.79 Å². The number of hydrogen-bond donors (Lipinski definition) is 1. The Kier molecular flexibility index (Phi) is 6.48. The standard InChI is InChI=1S/C31H21N5O5S2/c37-31(29-12-7-17-41-29)34-27-18-21(19-28-26(27)20-33-36(28)42(38)22-8-3-1-4-9-22)24-13-15-32-30-25(24)14-16-35(30)43(39,40)23-10-5-2-6-11-23/h1-20H,(H,34,37). The van der Waals surface area contributed by atoms with Crippen LogP contribution in [0.1, 0.15) is 10.6 Å². The Morgan fingerprint density at radius 2 is 1.65 bits per heavy atom. The predicted molar refractivity (Wildman–Crippen MR) is 162 cm³/mol. The molecular formula is C31H21N5O5S2. The van der Waals surface area contributed by atoms with E-state index >= 15 is 0 Å². The van der Waals surface area contributed by atoms with E-state index in [0.29, 0.717) is 38.0 Å². The molecule has 0 spiro atoms. The SMILES string of the molecule is O=C(Nc1cc(-c2ccnc3c2ccn3S(=O)(=O)c2ccccc2)cc2c1cnn2S(=O)c1ccccc1)c1ccco1. The second kappa shape index (κ2) is 10.5. The molecule has 12 heteroatoms. The monoisotopic (exact) mass is 607 g/mol. The maximum Gasteiger partial charge on any atom is 0.291 e. The summed E-state index contributed by atoms with van der Waals surface area (Å²) in [6.07, 6.45) is 5.95.